The van der Waals surface area contributed by atoms with Crippen molar-refractivity contribution in [3.63, 3.8) is 0 Å². The molecule has 0 unspecified atom stereocenters. The van der Waals surface area contributed by atoms with Crippen LogP contribution in [0.5, 0.6) is 0 Å². The van der Waals surface area contributed by atoms with E-state index in [1.54, 1.807) is 42.6 Å². The van der Waals surface area contributed by atoms with Crippen LogP contribution in [0, 0.1) is 6.85 Å². The van der Waals surface area contributed by atoms with Crippen LogP contribution in [0.15, 0.2) is 91.1 Å². The number of nitrogens with zero attached hydrogens (tertiary/aromatic N) is 1. The topological polar surface area (TPSA) is 12.9 Å². The van der Waals surface area contributed by atoms with Crippen molar-refractivity contribution in [1.82, 2.24) is 4.98 Å². The average molecular weight is 397 g/mol. The molecule has 0 radical (unpaired) electrons. The fraction of sp³-hybridized carbons (Fsp3) is 0.207. The molecule has 3 aromatic carbocycles. The van der Waals surface area contributed by atoms with Crippen molar-refractivity contribution in [2.45, 2.75) is 39.4 Å². The lowest BCUT2D eigenvalue weighted by atomic mass is 9.85. The zero-order valence-electron chi connectivity index (χ0n) is 22.6. The predicted octanol–water partition coefficient (Wildman–Crippen LogP) is 7.61. The maximum Gasteiger partial charge on any atom is 0.0705 e. The van der Waals surface area contributed by atoms with Crippen molar-refractivity contribution in [2.75, 3.05) is 0 Å². The lowest BCUT2D eigenvalue weighted by molar-refractivity contribution is 0.590. The highest BCUT2D eigenvalue weighted by atomic mass is 14.7. The number of pyridine rings is 1. The summed E-state index contributed by atoms with van der Waals surface area (Å²) in [7, 11) is 0. The molecule has 0 aliphatic heterocycles. The van der Waals surface area contributed by atoms with Crippen LogP contribution in [-0.4, -0.2) is 4.98 Å². The monoisotopic (exact) mass is 396 g/mol. The quantitative estimate of drug-likeness (QED) is 0.346. The summed E-state index contributed by atoms with van der Waals surface area (Å²) in [6, 6.07) is 25.7. The Kier molecular flexibility index (Phi) is 4.07. The first-order valence-corrected chi connectivity index (χ1v) is 10.2. The summed E-state index contributed by atoms with van der Waals surface area (Å²) in [5, 5.41) is 0. The van der Waals surface area contributed by atoms with Gasteiger partial charge in [-0.25, -0.2) is 0 Å². The van der Waals surface area contributed by atoms with Gasteiger partial charge in [-0.1, -0.05) is 99.1 Å². The van der Waals surface area contributed by atoms with Crippen LogP contribution in [-0.2, 0) is 11.8 Å². The SMILES string of the molecule is [2H]C([2H])([2H])c1ccc(-c2cnc(-c3cccc(C(C)(C)C)c3)cc2C([2H])([2H])c2ccccc2)cc1. The normalized spacial score (nSPS) is 14.8. The van der Waals surface area contributed by atoms with E-state index in [4.69, 9.17) is 11.8 Å². The fourth-order valence-corrected chi connectivity index (χ4v) is 3.42. The highest BCUT2D eigenvalue weighted by Crippen LogP contribution is 2.31. The first-order chi connectivity index (χ1) is 16.4. The van der Waals surface area contributed by atoms with Crippen LogP contribution in [0.3, 0.4) is 0 Å². The Morgan fingerprint density at radius 1 is 0.833 bits per heavy atom. The van der Waals surface area contributed by atoms with Gasteiger partial charge in [0.2, 0.25) is 0 Å². The van der Waals surface area contributed by atoms with E-state index in [2.05, 4.69) is 32.9 Å². The molecule has 150 valence electrons. The fourth-order valence-electron chi connectivity index (χ4n) is 3.42. The summed E-state index contributed by atoms with van der Waals surface area (Å²) < 4.78 is 41.1. The molecule has 1 aromatic heterocycles. The maximum absolute atomic E-state index is 9.09. The molecule has 0 bridgehead atoms. The molecule has 0 atom stereocenters. The van der Waals surface area contributed by atoms with E-state index in [0.29, 0.717) is 22.4 Å². The third-order valence-corrected chi connectivity index (χ3v) is 5.18. The number of hydrogen-bond donors (Lipinski definition) is 0. The molecule has 0 amide bonds. The van der Waals surface area contributed by atoms with Gasteiger partial charge < -0.3 is 0 Å². The lowest BCUT2D eigenvalue weighted by Gasteiger charge is -2.20. The molecule has 0 saturated heterocycles. The molecule has 0 aliphatic carbocycles. The Bertz CT molecular complexity index is 1320. The van der Waals surface area contributed by atoms with E-state index in [1.807, 2.05) is 36.4 Å². The van der Waals surface area contributed by atoms with Crippen molar-refractivity contribution in [3.8, 4) is 22.4 Å². The summed E-state index contributed by atoms with van der Waals surface area (Å²) in [5.41, 5.74) is 5.38. The minimum atomic E-state index is -2.19. The Hall–Kier alpha value is -3.19. The predicted molar refractivity (Wildman–Crippen MR) is 128 cm³/mol. The van der Waals surface area contributed by atoms with Crippen molar-refractivity contribution in [3.05, 3.63) is 113 Å². The lowest BCUT2D eigenvalue weighted by Crippen LogP contribution is -2.10. The second-order valence-electron chi connectivity index (χ2n) is 8.51. The molecule has 4 aromatic rings. The molecule has 4 rings (SSSR count). The molecule has 30 heavy (non-hydrogen) atoms. The number of hydrogen-bond acceptors (Lipinski definition) is 1. The zero-order valence-corrected chi connectivity index (χ0v) is 17.6. The van der Waals surface area contributed by atoms with Gasteiger partial charge in [-0.3, -0.25) is 4.98 Å². The van der Waals surface area contributed by atoms with Crippen LogP contribution in [0.2, 0.25) is 0 Å². The zero-order chi connectivity index (χ0) is 25.4. The van der Waals surface area contributed by atoms with E-state index in [1.165, 1.54) is 5.56 Å². The van der Waals surface area contributed by atoms with Crippen LogP contribution < -0.4 is 0 Å². The van der Waals surface area contributed by atoms with Crippen LogP contribution in [0.25, 0.3) is 22.4 Å². The van der Waals surface area contributed by atoms with Crippen molar-refractivity contribution < 1.29 is 6.85 Å². The molecule has 1 heteroatoms. The van der Waals surface area contributed by atoms with Gasteiger partial charge in [0.05, 0.1) is 5.69 Å². The van der Waals surface area contributed by atoms with Crippen LogP contribution in [0.4, 0.5) is 0 Å². The van der Waals surface area contributed by atoms with E-state index in [-0.39, 0.29) is 11.0 Å². The van der Waals surface area contributed by atoms with Gasteiger partial charge in [0.1, 0.15) is 0 Å². The number of aromatic nitrogens is 1. The smallest absolute Gasteiger partial charge is 0.0705 e. The Balaban J connectivity index is 1.90. The van der Waals surface area contributed by atoms with Crippen molar-refractivity contribution >= 4 is 0 Å². The van der Waals surface area contributed by atoms with Gasteiger partial charge in [-0.2, -0.15) is 0 Å². The first kappa shape index (κ1) is 14.7. The highest BCUT2D eigenvalue weighted by molar-refractivity contribution is 5.71. The summed E-state index contributed by atoms with van der Waals surface area (Å²) in [5.74, 6) is 0. The van der Waals surface area contributed by atoms with Gasteiger partial charge in [0.15, 0.2) is 0 Å². The third-order valence-electron chi connectivity index (χ3n) is 5.18. The summed E-state index contributed by atoms with van der Waals surface area (Å²) in [4.78, 5) is 4.71. The number of rotatable bonds is 4. The van der Waals surface area contributed by atoms with E-state index in [0.717, 1.165) is 11.1 Å². The molecular formula is C29H29N. The average Bonchev–Trinajstić information content (AvgIpc) is 2.83. The third kappa shape index (κ3) is 4.52. The van der Waals surface area contributed by atoms with Gasteiger partial charge in [-0.15, -0.1) is 0 Å². The largest absolute Gasteiger partial charge is 0.256 e. The van der Waals surface area contributed by atoms with E-state index in [9.17, 15) is 0 Å². The van der Waals surface area contributed by atoms with E-state index >= 15 is 0 Å². The van der Waals surface area contributed by atoms with Gasteiger partial charge >= 0.3 is 0 Å². The van der Waals surface area contributed by atoms with Gasteiger partial charge in [-0.05, 0) is 53.0 Å². The highest BCUT2D eigenvalue weighted by Gasteiger charge is 2.15. The number of aryl methyl sites for hydroxylation is 1. The second-order valence-corrected chi connectivity index (χ2v) is 8.51. The molecule has 1 nitrogen and oxygen atoms in total. The molecule has 1 heterocycles. The molecule has 0 spiro atoms. The van der Waals surface area contributed by atoms with Crippen LogP contribution >= 0.6 is 0 Å². The van der Waals surface area contributed by atoms with Crippen LogP contribution in [0.1, 0.15) is 49.9 Å². The molecule has 0 N–H and O–H groups in total. The second kappa shape index (κ2) is 8.28. The molecular weight excluding hydrogens is 362 g/mol. The minimum Gasteiger partial charge on any atom is -0.256 e. The number of benzene rings is 3. The first-order valence-electron chi connectivity index (χ1n) is 12.7. The van der Waals surface area contributed by atoms with E-state index < -0.39 is 13.2 Å². The Morgan fingerprint density at radius 3 is 2.30 bits per heavy atom. The summed E-state index contributed by atoms with van der Waals surface area (Å²) >= 11 is 0. The maximum atomic E-state index is 9.09. The molecule has 0 aliphatic rings. The standard InChI is InChI=1S/C29H29N/c1-21-13-15-23(16-14-21)27-20-30-28(19-25(27)17-22-9-6-5-7-10-22)24-11-8-12-26(18-24)29(2,3)4/h5-16,18-20H,17H2,1-4H3/i1D3,17D2. The van der Waals surface area contributed by atoms with Crippen molar-refractivity contribution in [2.24, 2.45) is 0 Å². The molecule has 0 fully saturated rings. The molecule has 0 saturated carbocycles. The van der Waals surface area contributed by atoms with Crippen molar-refractivity contribution in [1.29, 1.82) is 0 Å². The summed E-state index contributed by atoms with van der Waals surface area (Å²) in [6.07, 6.45) is -0.0990. The summed E-state index contributed by atoms with van der Waals surface area (Å²) in [6.45, 7) is 4.28. The van der Waals surface area contributed by atoms with Gasteiger partial charge in [0, 0.05) is 24.2 Å². The van der Waals surface area contributed by atoms with Gasteiger partial charge in [0.25, 0.3) is 0 Å². The Morgan fingerprint density at radius 2 is 1.60 bits per heavy atom. The Labute approximate surface area is 187 Å². The minimum absolute atomic E-state index is 0.0259.